The lowest BCUT2D eigenvalue weighted by molar-refractivity contribution is 0.0353. The van der Waals surface area contributed by atoms with E-state index in [0.29, 0.717) is 52.4 Å². The van der Waals surface area contributed by atoms with E-state index < -0.39 is 30.2 Å². The van der Waals surface area contributed by atoms with Gasteiger partial charge in [0, 0.05) is 35.5 Å². The van der Waals surface area contributed by atoms with E-state index in [0.717, 1.165) is 0 Å². The van der Waals surface area contributed by atoms with Gasteiger partial charge in [-0.05, 0) is 37.6 Å². The smallest absolute Gasteiger partial charge is 0.272 e. The number of nitrogens with zero attached hydrogens (tertiary/aromatic N) is 5. The first-order chi connectivity index (χ1) is 17.2. The second-order valence-corrected chi connectivity index (χ2v) is 10.3. The summed E-state index contributed by atoms with van der Waals surface area (Å²) in [7, 11) is 0. The summed E-state index contributed by atoms with van der Waals surface area (Å²) in [4.78, 5) is 10.8. The number of rotatable bonds is 5. The third kappa shape index (κ3) is 4.21. The molecule has 0 spiro atoms. The summed E-state index contributed by atoms with van der Waals surface area (Å²) in [5, 5.41) is 18.4. The number of fused-ring (bicyclic) bond motifs is 1. The van der Waals surface area contributed by atoms with E-state index in [2.05, 4.69) is 20.4 Å². The molecular weight excluding hydrogens is 497 g/mol. The molecule has 192 valence electrons. The van der Waals surface area contributed by atoms with Crippen molar-refractivity contribution in [2.75, 3.05) is 31.6 Å². The van der Waals surface area contributed by atoms with Crippen molar-refractivity contribution in [1.82, 2.24) is 24.6 Å². The Bertz CT molecular complexity index is 1310. The number of hydrogen-bond donors (Lipinski definition) is 2. The molecule has 2 saturated heterocycles. The number of likely N-dealkylation sites (tertiary alicyclic amines) is 1. The molecule has 36 heavy (non-hydrogen) atoms. The second-order valence-electron chi connectivity index (χ2n) is 9.90. The highest BCUT2D eigenvalue weighted by atomic mass is 35.5. The lowest BCUT2D eigenvalue weighted by Crippen LogP contribution is -2.50. The highest BCUT2D eigenvalue weighted by molar-refractivity contribution is 6.32. The van der Waals surface area contributed by atoms with E-state index in [1.807, 2.05) is 4.90 Å². The molecule has 6 rings (SSSR count). The molecule has 2 aromatic heterocycles. The number of alkyl halides is 3. The highest BCUT2D eigenvalue weighted by Gasteiger charge is 2.59. The van der Waals surface area contributed by atoms with Crippen LogP contribution in [0.2, 0.25) is 5.02 Å². The maximum atomic E-state index is 15.4. The number of piperidine rings is 1. The van der Waals surface area contributed by atoms with Crippen LogP contribution >= 0.6 is 11.6 Å². The lowest BCUT2D eigenvalue weighted by atomic mass is 9.86. The summed E-state index contributed by atoms with van der Waals surface area (Å²) in [5.41, 5.74) is 2.40. The minimum absolute atomic E-state index is 0.184. The van der Waals surface area contributed by atoms with Crippen LogP contribution in [0, 0.1) is 6.92 Å². The molecule has 4 heterocycles. The number of hydrogen-bond acceptors (Lipinski definition) is 7. The van der Waals surface area contributed by atoms with Crippen molar-refractivity contribution in [2.45, 2.75) is 56.0 Å². The lowest BCUT2D eigenvalue weighted by Gasteiger charge is -2.39. The van der Waals surface area contributed by atoms with E-state index in [9.17, 15) is 13.9 Å². The maximum absolute atomic E-state index is 15.4. The van der Waals surface area contributed by atoms with Gasteiger partial charge in [-0.2, -0.15) is 5.10 Å². The van der Waals surface area contributed by atoms with Gasteiger partial charge in [-0.3, -0.25) is 9.58 Å². The fourth-order valence-corrected chi connectivity index (χ4v) is 5.63. The van der Waals surface area contributed by atoms with E-state index in [4.69, 9.17) is 16.3 Å². The van der Waals surface area contributed by atoms with Crippen LogP contribution < -0.4 is 5.32 Å². The molecule has 2 aliphatic heterocycles. The minimum Gasteiger partial charge on any atom is -0.389 e. The van der Waals surface area contributed by atoms with Gasteiger partial charge in [0.05, 0.1) is 48.5 Å². The van der Waals surface area contributed by atoms with Gasteiger partial charge in [0.15, 0.2) is 0 Å². The number of nitrogens with one attached hydrogen (secondary N) is 1. The first-order valence-electron chi connectivity index (χ1n) is 12.0. The molecule has 3 aliphatic rings. The molecule has 0 bridgehead atoms. The number of anilines is 2. The van der Waals surface area contributed by atoms with Crippen molar-refractivity contribution in [2.24, 2.45) is 0 Å². The summed E-state index contributed by atoms with van der Waals surface area (Å²) < 4.78 is 49.0. The monoisotopic (exact) mass is 522 g/mol. The molecule has 3 aromatic rings. The van der Waals surface area contributed by atoms with E-state index in [1.54, 1.807) is 25.3 Å². The van der Waals surface area contributed by atoms with Gasteiger partial charge in [0.25, 0.3) is 5.92 Å². The molecule has 4 unspecified atom stereocenters. The van der Waals surface area contributed by atoms with E-state index in [1.165, 1.54) is 10.9 Å². The number of aliphatic hydroxyl groups is 1. The van der Waals surface area contributed by atoms with Crippen LogP contribution in [0.5, 0.6) is 0 Å². The van der Waals surface area contributed by atoms with Gasteiger partial charge in [0.2, 0.25) is 5.95 Å². The summed E-state index contributed by atoms with van der Waals surface area (Å²) in [6.07, 6.45) is 1.68. The Kier molecular flexibility index (Phi) is 5.86. The molecule has 1 aliphatic carbocycles. The maximum Gasteiger partial charge on any atom is 0.272 e. The molecule has 1 aromatic carbocycles. The molecular formula is C24H26ClF3N6O2. The Morgan fingerprint density at radius 3 is 2.75 bits per heavy atom. The fourth-order valence-electron chi connectivity index (χ4n) is 5.32. The van der Waals surface area contributed by atoms with Gasteiger partial charge in [-0.25, -0.2) is 23.1 Å². The van der Waals surface area contributed by atoms with Gasteiger partial charge < -0.3 is 15.2 Å². The number of halogens is 4. The number of aliphatic hydroxyl groups excluding tert-OH is 1. The average molecular weight is 523 g/mol. The van der Waals surface area contributed by atoms with Crippen molar-refractivity contribution >= 4 is 34.1 Å². The third-order valence-corrected chi connectivity index (χ3v) is 7.87. The van der Waals surface area contributed by atoms with Crippen LogP contribution in [0.3, 0.4) is 0 Å². The van der Waals surface area contributed by atoms with Crippen molar-refractivity contribution < 1.29 is 23.0 Å². The van der Waals surface area contributed by atoms with Crippen LogP contribution in [0.1, 0.15) is 36.1 Å². The molecule has 0 radical (unpaired) electrons. The molecule has 0 amide bonds. The van der Waals surface area contributed by atoms with Gasteiger partial charge in [-0.1, -0.05) is 11.6 Å². The molecule has 12 heteroatoms. The Hall–Kier alpha value is -2.47. The van der Waals surface area contributed by atoms with Crippen molar-refractivity contribution in [1.29, 1.82) is 0 Å². The molecule has 2 N–H and O–H groups in total. The van der Waals surface area contributed by atoms with Crippen LogP contribution in [-0.4, -0.2) is 80.3 Å². The zero-order valence-corrected chi connectivity index (χ0v) is 20.3. The zero-order chi connectivity index (χ0) is 25.2. The summed E-state index contributed by atoms with van der Waals surface area (Å²) in [6, 6.07) is 2.44. The zero-order valence-electron chi connectivity index (χ0n) is 19.5. The SMILES string of the molecule is Cc1c(Nc2ncc3cc(Cl)c(C4CCN([C@@H]5COCC5O)CC4F)cc3n2)cnn1C1CC1(F)F. The van der Waals surface area contributed by atoms with Crippen molar-refractivity contribution in [3.8, 4) is 0 Å². The minimum atomic E-state index is -2.72. The topological polar surface area (TPSA) is 88.3 Å². The molecule has 3 fully saturated rings. The van der Waals surface area contributed by atoms with E-state index in [-0.39, 0.29) is 31.6 Å². The predicted octanol–water partition coefficient (Wildman–Crippen LogP) is 4.00. The van der Waals surface area contributed by atoms with Crippen LogP contribution in [0.4, 0.5) is 24.8 Å². The summed E-state index contributed by atoms with van der Waals surface area (Å²) >= 11 is 6.56. The molecule has 8 nitrogen and oxygen atoms in total. The first kappa shape index (κ1) is 23.9. The van der Waals surface area contributed by atoms with E-state index >= 15 is 4.39 Å². The average Bonchev–Trinajstić information content (AvgIpc) is 3.12. The Balaban J connectivity index is 1.22. The van der Waals surface area contributed by atoms with Crippen LogP contribution in [0.15, 0.2) is 24.5 Å². The predicted molar refractivity (Wildman–Crippen MR) is 128 cm³/mol. The quantitative estimate of drug-likeness (QED) is 0.523. The summed E-state index contributed by atoms with van der Waals surface area (Å²) in [6.45, 7) is 3.23. The van der Waals surface area contributed by atoms with Gasteiger partial charge >= 0.3 is 0 Å². The Morgan fingerprint density at radius 1 is 1.25 bits per heavy atom. The third-order valence-electron chi connectivity index (χ3n) is 7.54. The molecule has 1 saturated carbocycles. The van der Waals surface area contributed by atoms with Crippen molar-refractivity contribution in [3.05, 3.63) is 40.8 Å². The summed E-state index contributed by atoms with van der Waals surface area (Å²) in [5.74, 6) is -2.84. The van der Waals surface area contributed by atoms with Crippen LogP contribution in [-0.2, 0) is 4.74 Å². The standard InChI is InChI=1S/C24H26ClF3N6O2/c1-12-19(8-30-34(12)22-6-24(22,27)28)32-23-29-7-13-4-16(25)15(5-18(13)31-23)14-2-3-33(9-17(14)26)20-10-36-11-21(20)35/h4-5,7-8,14,17,20-22,35H,2-3,6,9-11H2,1H3,(H,29,31,32)/t14?,17?,20-,21?,22?/m1/s1. The normalized spacial score (nSPS) is 30.1. The van der Waals surface area contributed by atoms with Crippen LogP contribution in [0.25, 0.3) is 10.9 Å². The first-order valence-corrected chi connectivity index (χ1v) is 12.4. The largest absolute Gasteiger partial charge is 0.389 e. The highest BCUT2D eigenvalue weighted by Crippen LogP contribution is 2.53. The fraction of sp³-hybridized carbons (Fsp3) is 0.542. The molecule has 5 atom stereocenters. The van der Waals surface area contributed by atoms with Gasteiger partial charge in [0.1, 0.15) is 12.2 Å². The number of aromatic nitrogens is 4. The second kappa shape index (κ2) is 8.83. The Morgan fingerprint density at radius 2 is 2.06 bits per heavy atom. The number of benzene rings is 1. The Labute approximate surface area is 210 Å². The number of ether oxygens (including phenoxy) is 1. The van der Waals surface area contributed by atoms with Crippen molar-refractivity contribution in [3.63, 3.8) is 0 Å². The van der Waals surface area contributed by atoms with Gasteiger partial charge in [-0.15, -0.1) is 0 Å².